The molecule has 1 aliphatic rings. The highest BCUT2D eigenvalue weighted by molar-refractivity contribution is 7.09. The quantitative estimate of drug-likeness (QED) is 0.762. The van der Waals surface area contributed by atoms with Crippen molar-refractivity contribution in [1.82, 2.24) is 10.3 Å². The minimum atomic E-state index is 0.754. The van der Waals surface area contributed by atoms with Crippen LogP contribution >= 0.6 is 11.3 Å². The maximum absolute atomic E-state index is 5.79. The minimum absolute atomic E-state index is 0.754. The van der Waals surface area contributed by atoms with Crippen LogP contribution in [0.25, 0.3) is 0 Å². The summed E-state index contributed by atoms with van der Waals surface area (Å²) in [5, 5.41) is 6.89. The fraction of sp³-hybridized carbons (Fsp3) is 0.769. The molecule has 0 aromatic carbocycles. The molecule has 0 bridgehead atoms. The van der Waals surface area contributed by atoms with Crippen molar-refractivity contribution in [3.8, 4) is 0 Å². The molecule has 1 aromatic rings. The molecule has 2 rings (SSSR count). The van der Waals surface area contributed by atoms with Crippen molar-refractivity contribution in [3.63, 3.8) is 0 Å². The van der Waals surface area contributed by atoms with Gasteiger partial charge in [-0.3, -0.25) is 0 Å². The Labute approximate surface area is 108 Å². The lowest BCUT2D eigenvalue weighted by Gasteiger charge is -2.18. The van der Waals surface area contributed by atoms with Crippen LogP contribution in [0.2, 0.25) is 0 Å². The summed E-state index contributed by atoms with van der Waals surface area (Å²) >= 11 is 1.74. The monoisotopic (exact) mass is 253 g/mol. The van der Waals surface area contributed by atoms with Gasteiger partial charge in [0, 0.05) is 18.3 Å². The first-order valence-electron chi connectivity index (χ1n) is 6.61. The third-order valence-electron chi connectivity index (χ3n) is 3.75. The zero-order valence-corrected chi connectivity index (χ0v) is 11.4. The Morgan fingerprint density at radius 3 is 3.00 bits per heavy atom. The summed E-state index contributed by atoms with van der Waals surface area (Å²) in [6.07, 6.45) is 5.09. The van der Waals surface area contributed by atoms with Crippen molar-refractivity contribution in [1.29, 1.82) is 0 Å². The largest absolute Gasteiger partial charge is 0.330 e. The van der Waals surface area contributed by atoms with Crippen LogP contribution in [0.15, 0.2) is 5.38 Å². The fourth-order valence-electron chi connectivity index (χ4n) is 2.72. The van der Waals surface area contributed by atoms with Gasteiger partial charge in [-0.25, -0.2) is 4.98 Å². The van der Waals surface area contributed by atoms with Gasteiger partial charge in [0.1, 0.15) is 0 Å². The summed E-state index contributed by atoms with van der Waals surface area (Å²) in [7, 11) is 0. The number of hydrogen-bond donors (Lipinski definition) is 2. The molecule has 1 heterocycles. The second-order valence-corrected chi connectivity index (χ2v) is 6.06. The Bertz CT molecular complexity index is 337. The van der Waals surface area contributed by atoms with Gasteiger partial charge < -0.3 is 11.1 Å². The average Bonchev–Trinajstić information content (AvgIpc) is 2.93. The van der Waals surface area contributed by atoms with E-state index in [4.69, 9.17) is 5.73 Å². The molecule has 1 saturated carbocycles. The smallest absolute Gasteiger partial charge is 0.0897 e. The van der Waals surface area contributed by atoms with Crippen molar-refractivity contribution < 1.29 is 0 Å². The molecular formula is C13H23N3S. The molecule has 0 amide bonds. The summed E-state index contributed by atoms with van der Waals surface area (Å²) in [5.74, 6) is 1.56. The number of rotatable bonds is 6. The molecule has 0 saturated heterocycles. The predicted molar refractivity (Wildman–Crippen MR) is 73.3 cm³/mol. The summed E-state index contributed by atoms with van der Waals surface area (Å²) in [5.41, 5.74) is 7.01. The lowest BCUT2D eigenvalue weighted by Crippen LogP contribution is -2.30. The van der Waals surface area contributed by atoms with E-state index >= 15 is 0 Å². The van der Waals surface area contributed by atoms with Crippen LogP contribution < -0.4 is 11.1 Å². The molecule has 0 spiro atoms. The lowest BCUT2D eigenvalue weighted by molar-refractivity contribution is 0.375. The molecule has 1 fully saturated rings. The Kier molecular flexibility index (Phi) is 4.95. The SMILES string of the molecule is Cc1nc(CCNCC2CCCC2CN)cs1. The predicted octanol–water partition coefficient (Wildman–Crippen LogP) is 1.96. The van der Waals surface area contributed by atoms with Crippen LogP contribution in [0.3, 0.4) is 0 Å². The Hall–Kier alpha value is -0.450. The van der Waals surface area contributed by atoms with Gasteiger partial charge in [0.15, 0.2) is 0 Å². The third kappa shape index (κ3) is 3.76. The van der Waals surface area contributed by atoms with Gasteiger partial charge in [-0.05, 0) is 44.7 Å². The standard InChI is InChI=1S/C13H23N3S/c1-10-16-13(9-17-10)5-6-15-8-12-4-2-3-11(12)7-14/h9,11-12,15H,2-8,14H2,1H3. The fourth-order valence-corrected chi connectivity index (χ4v) is 3.37. The summed E-state index contributed by atoms with van der Waals surface area (Å²) in [4.78, 5) is 4.47. The lowest BCUT2D eigenvalue weighted by atomic mass is 9.96. The van der Waals surface area contributed by atoms with E-state index in [9.17, 15) is 0 Å². The van der Waals surface area contributed by atoms with Crippen molar-refractivity contribution in [2.24, 2.45) is 17.6 Å². The van der Waals surface area contributed by atoms with E-state index in [0.29, 0.717) is 0 Å². The van der Waals surface area contributed by atoms with E-state index in [0.717, 1.165) is 37.9 Å². The van der Waals surface area contributed by atoms with Gasteiger partial charge in [0.2, 0.25) is 0 Å². The number of thiazole rings is 1. The second kappa shape index (κ2) is 6.47. The van der Waals surface area contributed by atoms with E-state index in [1.165, 1.54) is 30.0 Å². The topological polar surface area (TPSA) is 50.9 Å². The van der Waals surface area contributed by atoms with Gasteiger partial charge >= 0.3 is 0 Å². The molecule has 3 N–H and O–H groups in total. The molecule has 1 aliphatic carbocycles. The van der Waals surface area contributed by atoms with Crippen LogP contribution in [0.1, 0.15) is 30.0 Å². The maximum atomic E-state index is 5.79. The molecule has 17 heavy (non-hydrogen) atoms. The van der Waals surface area contributed by atoms with Crippen LogP contribution in [0.4, 0.5) is 0 Å². The zero-order chi connectivity index (χ0) is 12.1. The second-order valence-electron chi connectivity index (χ2n) is 5.00. The molecule has 1 aromatic heterocycles. The number of nitrogens with two attached hydrogens (primary N) is 1. The Morgan fingerprint density at radius 2 is 2.29 bits per heavy atom. The highest BCUT2D eigenvalue weighted by Gasteiger charge is 2.25. The molecular weight excluding hydrogens is 230 g/mol. The third-order valence-corrected chi connectivity index (χ3v) is 4.57. The normalized spacial score (nSPS) is 24.4. The van der Waals surface area contributed by atoms with Crippen LogP contribution in [0.5, 0.6) is 0 Å². The van der Waals surface area contributed by atoms with Crippen molar-refractivity contribution in [2.75, 3.05) is 19.6 Å². The van der Waals surface area contributed by atoms with Crippen molar-refractivity contribution in [3.05, 3.63) is 16.1 Å². The van der Waals surface area contributed by atoms with E-state index < -0.39 is 0 Å². The zero-order valence-electron chi connectivity index (χ0n) is 10.6. The van der Waals surface area contributed by atoms with Gasteiger partial charge in [-0.1, -0.05) is 6.42 Å². The molecule has 0 aliphatic heterocycles. The van der Waals surface area contributed by atoms with Crippen molar-refractivity contribution in [2.45, 2.75) is 32.6 Å². The molecule has 4 heteroatoms. The molecule has 96 valence electrons. The van der Waals surface area contributed by atoms with Gasteiger partial charge in [-0.15, -0.1) is 11.3 Å². The van der Waals surface area contributed by atoms with E-state index in [2.05, 4.69) is 22.6 Å². The van der Waals surface area contributed by atoms with E-state index in [1.54, 1.807) is 11.3 Å². The first-order valence-corrected chi connectivity index (χ1v) is 7.49. The van der Waals surface area contributed by atoms with Gasteiger partial charge in [0.05, 0.1) is 10.7 Å². The molecule has 3 nitrogen and oxygen atoms in total. The summed E-state index contributed by atoms with van der Waals surface area (Å²) in [6, 6.07) is 0. The average molecular weight is 253 g/mol. The molecule has 2 unspecified atom stereocenters. The maximum Gasteiger partial charge on any atom is 0.0897 e. The number of aromatic nitrogens is 1. The first kappa shape index (κ1) is 13.0. The van der Waals surface area contributed by atoms with Crippen LogP contribution in [-0.2, 0) is 6.42 Å². The minimum Gasteiger partial charge on any atom is -0.330 e. The number of aryl methyl sites for hydroxylation is 1. The highest BCUT2D eigenvalue weighted by atomic mass is 32.1. The number of hydrogen-bond acceptors (Lipinski definition) is 4. The van der Waals surface area contributed by atoms with Crippen LogP contribution in [0, 0.1) is 18.8 Å². The molecule has 2 atom stereocenters. The number of nitrogens with one attached hydrogen (secondary N) is 1. The Balaban J connectivity index is 1.63. The van der Waals surface area contributed by atoms with Gasteiger partial charge in [0.25, 0.3) is 0 Å². The Morgan fingerprint density at radius 1 is 1.47 bits per heavy atom. The first-order chi connectivity index (χ1) is 8.29. The van der Waals surface area contributed by atoms with E-state index in [-0.39, 0.29) is 0 Å². The number of nitrogens with zero attached hydrogens (tertiary/aromatic N) is 1. The summed E-state index contributed by atoms with van der Waals surface area (Å²) in [6.45, 7) is 5.09. The highest BCUT2D eigenvalue weighted by Crippen LogP contribution is 2.30. The molecule has 0 radical (unpaired) electrons. The van der Waals surface area contributed by atoms with Gasteiger partial charge in [-0.2, -0.15) is 0 Å². The van der Waals surface area contributed by atoms with Crippen LogP contribution in [-0.4, -0.2) is 24.6 Å². The van der Waals surface area contributed by atoms with E-state index in [1.807, 2.05) is 0 Å². The summed E-state index contributed by atoms with van der Waals surface area (Å²) < 4.78 is 0. The van der Waals surface area contributed by atoms with Crippen molar-refractivity contribution >= 4 is 11.3 Å².